The molecule has 1 atom stereocenters. The molecule has 126 valence electrons. The van der Waals surface area contributed by atoms with Crippen LogP contribution in [-0.2, 0) is 4.79 Å². The highest BCUT2D eigenvalue weighted by molar-refractivity contribution is 6.42. The number of hydrogen-bond donors (Lipinski definition) is 2. The normalized spacial score (nSPS) is 17.2. The predicted octanol–water partition coefficient (Wildman–Crippen LogP) is 3.93. The lowest BCUT2D eigenvalue weighted by Crippen LogP contribution is -2.56. The van der Waals surface area contributed by atoms with E-state index in [4.69, 9.17) is 28.9 Å². The molecule has 0 spiro atoms. The highest BCUT2D eigenvalue weighted by atomic mass is 35.5. The molecule has 0 heterocycles. The van der Waals surface area contributed by atoms with E-state index in [0.717, 1.165) is 37.7 Å². The molecule has 23 heavy (non-hydrogen) atoms. The molecule has 1 aromatic rings. The zero-order chi connectivity index (χ0) is 16.2. The maximum absolute atomic E-state index is 12.3. The van der Waals surface area contributed by atoms with Crippen molar-refractivity contribution in [1.29, 1.82) is 0 Å². The summed E-state index contributed by atoms with van der Waals surface area (Å²) in [7, 11) is 0. The van der Waals surface area contributed by atoms with Crippen LogP contribution >= 0.6 is 35.6 Å². The molecule has 2 rings (SSSR count). The molecule has 6 heteroatoms. The van der Waals surface area contributed by atoms with E-state index in [1.165, 1.54) is 0 Å². The minimum absolute atomic E-state index is 0. The summed E-state index contributed by atoms with van der Waals surface area (Å²) in [4.78, 5) is 12.3. The number of amides is 1. The number of benzene rings is 1. The maximum Gasteiger partial charge on any atom is 0.241 e. The summed E-state index contributed by atoms with van der Waals surface area (Å²) in [6.45, 7) is 1.84. The van der Waals surface area contributed by atoms with Gasteiger partial charge in [-0.15, -0.1) is 12.4 Å². The van der Waals surface area contributed by atoms with Gasteiger partial charge in [0.05, 0.1) is 21.6 Å². The van der Waals surface area contributed by atoms with Gasteiger partial charge in [-0.1, -0.05) is 54.3 Å². The monoisotopic (exact) mass is 374 g/mol. The van der Waals surface area contributed by atoms with Gasteiger partial charge in [-0.2, -0.15) is 0 Å². The smallest absolute Gasteiger partial charge is 0.241 e. The average molecular weight is 376 g/mol. The average Bonchev–Trinajstić information content (AvgIpc) is 2.49. The van der Waals surface area contributed by atoms with Crippen molar-refractivity contribution in [3.05, 3.63) is 33.8 Å². The van der Waals surface area contributed by atoms with Gasteiger partial charge in [0.2, 0.25) is 5.91 Å². The number of halogens is 3. The quantitative estimate of drug-likeness (QED) is 0.769. The van der Waals surface area contributed by atoms with Crippen LogP contribution in [-0.4, -0.2) is 17.5 Å². The van der Waals surface area contributed by atoms with Crippen molar-refractivity contribution in [3.8, 4) is 11.8 Å². The number of hydrogen-bond acceptors (Lipinski definition) is 2. The lowest BCUT2D eigenvalue weighted by molar-refractivity contribution is -0.127. The van der Waals surface area contributed by atoms with Crippen molar-refractivity contribution >= 4 is 41.5 Å². The van der Waals surface area contributed by atoms with Crippen molar-refractivity contribution in [2.45, 2.75) is 50.6 Å². The molecule has 1 aromatic carbocycles. The molecule has 1 fully saturated rings. The third kappa shape index (κ3) is 5.58. The van der Waals surface area contributed by atoms with E-state index >= 15 is 0 Å². The first-order valence-corrected chi connectivity index (χ1v) is 8.23. The molecule has 1 aliphatic rings. The fourth-order valence-electron chi connectivity index (χ4n) is 2.55. The van der Waals surface area contributed by atoms with E-state index < -0.39 is 5.54 Å². The molecule has 1 saturated carbocycles. The van der Waals surface area contributed by atoms with Crippen molar-refractivity contribution in [1.82, 2.24) is 5.32 Å². The van der Waals surface area contributed by atoms with Gasteiger partial charge in [0.15, 0.2) is 0 Å². The second kappa shape index (κ2) is 8.80. The topological polar surface area (TPSA) is 55.1 Å². The second-order valence-corrected chi connectivity index (χ2v) is 6.62. The summed E-state index contributed by atoms with van der Waals surface area (Å²) < 4.78 is 0. The van der Waals surface area contributed by atoms with E-state index in [2.05, 4.69) is 17.2 Å². The molecular weight excluding hydrogens is 355 g/mol. The van der Waals surface area contributed by atoms with Gasteiger partial charge in [0.1, 0.15) is 0 Å². The Labute approximate surface area is 153 Å². The van der Waals surface area contributed by atoms with Crippen molar-refractivity contribution in [2.75, 3.05) is 0 Å². The molecule has 0 aromatic heterocycles. The van der Waals surface area contributed by atoms with Crippen LogP contribution < -0.4 is 11.1 Å². The number of nitrogens with one attached hydrogen (secondary N) is 1. The first-order valence-electron chi connectivity index (χ1n) is 7.47. The highest BCUT2D eigenvalue weighted by Gasteiger charge is 2.35. The van der Waals surface area contributed by atoms with Gasteiger partial charge < -0.3 is 11.1 Å². The standard InChI is InChI=1S/C17H20Cl2N2O.ClH/c1-12(5-6-13-7-8-14(18)15(19)11-13)21-16(22)17(20)9-3-2-4-10-17;/h7-8,11-12H,2-4,9-10,20H2,1H3,(H,21,22);1H. The van der Waals surface area contributed by atoms with Crippen molar-refractivity contribution in [3.63, 3.8) is 0 Å². The van der Waals surface area contributed by atoms with E-state index in [1.807, 2.05) is 6.92 Å². The molecule has 0 bridgehead atoms. The van der Waals surface area contributed by atoms with Gasteiger partial charge in [-0.05, 0) is 38.0 Å². The minimum Gasteiger partial charge on any atom is -0.341 e. The van der Waals surface area contributed by atoms with Crippen LogP contribution in [0.5, 0.6) is 0 Å². The van der Waals surface area contributed by atoms with E-state index in [-0.39, 0.29) is 24.4 Å². The fourth-order valence-corrected chi connectivity index (χ4v) is 2.85. The Hall–Kier alpha value is -0.920. The highest BCUT2D eigenvalue weighted by Crippen LogP contribution is 2.26. The van der Waals surface area contributed by atoms with E-state index in [9.17, 15) is 4.79 Å². The van der Waals surface area contributed by atoms with Gasteiger partial charge in [-0.3, -0.25) is 4.79 Å². The van der Waals surface area contributed by atoms with Gasteiger partial charge in [0, 0.05) is 5.56 Å². The Kier molecular flexibility index (Phi) is 7.70. The molecule has 0 saturated heterocycles. The maximum atomic E-state index is 12.3. The van der Waals surface area contributed by atoms with Crippen LogP contribution in [0.4, 0.5) is 0 Å². The fraction of sp³-hybridized carbons (Fsp3) is 0.471. The van der Waals surface area contributed by atoms with E-state index in [0.29, 0.717) is 10.0 Å². The van der Waals surface area contributed by atoms with Crippen LogP contribution in [0.3, 0.4) is 0 Å². The molecule has 1 aliphatic carbocycles. The van der Waals surface area contributed by atoms with Gasteiger partial charge in [-0.25, -0.2) is 0 Å². The van der Waals surface area contributed by atoms with Gasteiger partial charge >= 0.3 is 0 Å². The number of carbonyl (C=O) groups is 1. The summed E-state index contributed by atoms with van der Waals surface area (Å²) in [5.41, 5.74) is 6.22. The van der Waals surface area contributed by atoms with Crippen LogP contribution in [0.2, 0.25) is 10.0 Å². The SMILES string of the molecule is CC(C#Cc1ccc(Cl)c(Cl)c1)NC(=O)C1(N)CCCCC1.Cl. The second-order valence-electron chi connectivity index (χ2n) is 5.81. The summed E-state index contributed by atoms with van der Waals surface area (Å²) >= 11 is 11.8. The van der Waals surface area contributed by atoms with E-state index in [1.54, 1.807) is 18.2 Å². The molecule has 0 aliphatic heterocycles. The summed E-state index contributed by atoms with van der Waals surface area (Å²) in [5, 5.41) is 3.85. The van der Waals surface area contributed by atoms with Crippen molar-refractivity contribution in [2.24, 2.45) is 5.73 Å². The number of carbonyl (C=O) groups excluding carboxylic acids is 1. The first-order chi connectivity index (χ1) is 10.4. The molecule has 1 amide bonds. The third-order valence-electron chi connectivity index (χ3n) is 3.90. The molecule has 1 unspecified atom stereocenters. The zero-order valence-electron chi connectivity index (χ0n) is 13.0. The zero-order valence-corrected chi connectivity index (χ0v) is 15.3. The lowest BCUT2D eigenvalue weighted by Gasteiger charge is -2.32. The Morgan fingerprint density at radius 1 is 1.26 bits per heavy atom. The predicted molar refractivity (Wildman–Crippen MR) is 98.2 cm³/mol. The number of rotatable bonds is 2. The molecule has 3 nitrogen and oxygen atoms in total. The Morgan fingerprint density at radius 3 is 2.52 bits per heavy atom. The molecular formula is C17H21Cl3N2O. The Morgan fingerprint density at radius 2 is 1.91 bits per heavy atom. The minimum atomic E-state index is -0.738. The molecule has 3 N–H and O–H groups in total. The van der Waals surface area contributed by atoms with Crippen LogP contribution in [0.1, 0.15) is 44.6 Å². The lowest BCUT2D eigenvalue weighted by atomic mass is 9.82. The van der Waals surface area contributed by atoms with Crippen LogP contribution in [0, 0.1) is 11.8 Å². The van der Waals surface area contributed by atoms with Gasteiger partial charge in [0.25, 0.3) is 0 Å². The first kappa shape index (κ1) is 20.1. The largest absolute Gasteiger partial charge is 0.341 e. The Balaban J connectivity index is 0.00000264. The number of nitrogens with two attached hydrogens (primary N) is 1. The Bertz CT molecular complexity index is 616. The van der Waals surface area contributed by atoms with Crippen LogP contribution in [0.25, 0.3) is 0 Å². The van der Waals surface area contributed by atoms with Crippen LogP contribution in [0.15, 0.2) is 18.2 Å². The summed E-state index contributed by atoms with van der Waals surface area (Å²) in [6, 6.07) is 4.93. The molecule has 0 radical (unpaired) electrons. The summed E-state index contributed by atoms with van der Waals surface area (Å²) in [5.74, 6) is 5.87. The summed E-state index contributed by atoms with van der Waals surface area (Å²) in [6.07, 6.45) is 4.65. The van der Waals surface area contributed by atoms with Crippen molar-refractivity contribution < 1.29 is 4.79 Å². The third-order valence-corrected chi connectivity index (χ3v) is 4.64.